The fourth-order valence-electron chi connectivity index (χ4n) is 1.65. The van der Waals surface area contributed by atoms with Gasteiger partial charge in [-0.1, -0.05) is 23.7 Å². The molecule has 2 aromatic rings. The number of nitrogens with one attached hydrogen (secondary N) is 1. The van der Waals surface area contributed by atoms with Gasteiger partial charge in [-0.25, -0.2) is 0 Å². The monoisotopic (exact) mass is 261 g/mol. The van der Waals surface area contributed by atoms with Gasteiger partial charge in [0.25, 0.3) is 0 Å². The summed E-state index contributed by atoms with van der Waals surface area (Å²) >= 11 is 6.15. The molecule has 0 atom stereocenters. The minimum Gasteiger partial charge on any atom is -0.489 e. The molecule has 94 valence electrons. The third-order valence-electron chi connectivity index (χ3n) is 2.75. The smallest absolute Gasteiger partial charge is 0.119 e. The quantitative estimate of drug-likeness (QED) is 0.888. The minimum absolute atomic E-state index is 0.484. The first-order chi connectivity index (χ1) is 8.69. The van der Waals surface area contributed by atoms with Crippen molar-refractivity contribution in [1.29, 1.82) is 0 Å². The summed E-state index contributed by atoms with van der Waals surface area (Å²) in [7, 11) is 1.89. The van der Waals surface area contributed by atoms with Gasteiger partial charge < -0.3 is 10.1 Å². The molecular formula is C15H16ClNO. The third-order valence-corrected chi connectivity index (χ3v) is 3.10. The summed E-state index contributed by atoms with van der Waals surface area (Å²) in [6.45, 7) is 2.50. The largest absolute Gasteiger partial charge is 0.489 e. The summed E-state index contributed by atoms with van der Waals surface area (Å²) in [5, 5.41) is 3.82. The van der Waals surface area contributed by atoms with Gasteiger partial charge in [0, 0.05) is 23.3 Å². The Balaban J connectivity index is 2.02. The first-order valence-corrected chi connectivity index (χ1v) is 6.22. The second kappa shape index (κ2) is 5.78. The zero-order valence-corrected chi connectivity index (χ0v) is 11.3. The molecule has 2 aromatic carbocycles. The van der Waals surface area contributed by atoms with Crippen LogP contribution in [0.15, 0.2) is 42.5 Å². The molecule has 0 amide bonds. The van der Waals surface area contributed by atoms with E-state index >= 15 is 0 Å². The number of hydrogen-bond donors (Lipinski definition) is 1. The normalized spacial score (nSPS) is 10.2. The molecule has 3 heteroatoms. The van der Waals surface area contributed by atoms with Crippen molar-refractivity contribution < 1.29 is 4.74 Å². The maximum atomic E-state index is 6.15. The lowest BCUT2D eigenvalue weighted by Gasteiger charge is -2.09. The first kappa shape index (κ1) is 12.8. The van der Waals surface area contributed by atoms with Gasteiger partial charge in [-0.05, 0) is 42.8 Å². The van der Waals surface area contributed by atoms with Gasteiger partial charge in [0.1, 0.15) is 12.4 Å². The number of hydrogen-bond acceptors (Lipinski definition) is 2. The second-order valence-electron chi connectivity index (χ2n) is 4.16. The van der Waals surface area contributed by atoms with Crippen LogP contribution in [0.25, 0.3) is 0 Å². The number of anilines is 1. The van der Waals surface area contributed by atoms with E-state index in [1.807, 2.05) is 56.4 Å². The molecule has 2 rings (SSSR count). The molecule has 0 fully saturated rings. The number of aryl methyl sites for hydroxylation is 1. The van der Waals surface area contributed by atoms with E-state index in [0.717, 1.165) is 27.6 Å². The van der Waals surface area contributed by atoms with Crippen LogP contribution >= 0.6 is 11.6 Å². The molecule has 18 heavy (non-hydrogen) atoms. The van der Waals surface area contributed by atoms with Crippen LogP contribution in [0.4, 0.5) is 5.69 Å². The van der Waals surface area contributed by atoms with Gasteiger partial charge in [0.15, 0.2) is 0 Å². The highest BCUT2D eigenvalue weighted by molar-refractivity contribution is 6.31. The summed E-state index contributed by atoms with van der Waals surface area (Å²) in [6.07, 6.45) is 0. The Bertz CT molecular complexity index is 523. The SMILES string of the molecule is CNc1ccc(OCc2ccc(C)cc2Cl)cc1. The predicted octanol–water partition coefficient (Wildman–Crippen LogP) is 4.27. The zero-order chi connectivity index (χ0) is 13.0. The molecule has 0 saturated carbocycles. The Morgan fingerprint density at radius 3 is 2.44 bits per heavy atom. The number of halogens is 1. The molecule has 0 spiro atoms. The van der Waals surface area contributed by atoms with Crippen LogP contribution in [0.2, 0.25) is 5.02 Å². The summed E-state index contributed by atoms with van der Waals surface area (Å²) in [6, 6.07) is 13.8. The Hall–Kier alpha value is -1.67. The summed E-state index contributed by atoms with van der Waals surface area (Å²) in [4.78, 5) is 0. The molecule has 0 bridgehead atoms. The molecule has 0 aliphatic heterocycles. The van der Waals surface area contributed by atoms with Crippen LogP contribution in [0.5, 0.6) is 5.75 Å². The summed E-state index contributed by atoms with van der Waals surface area (Å²) in [5.74, 6) is 0.839. The van der Waals surface area contributed by atoms with E-state index in [0.29, 0.717) is 6.61 Å². The van der Waals surface area contributed by atoms with Crippen molar-refractivity contribution in [1.82, 2.24) is 0 Å². The highest BCUT2D eigenvalue weighted by Crippen LogP contribution is 2.21. The van der Waals surface area contributed by atoms with Crippen LogP contribution < -0.4 is 10.1 Å². The predicted molar refractivity (Wildman–Crippen MR) is 76.5 cm³/mol. The van der Waals surface area contributed by atoms with Gasteiger partial charge in [-0.3, -0.25) is 0 Å². The topological polar surface area (TPSA) is 21.3 Å². The van der Waals surface area contributed by atoms with Crippen molar-refractivity contribution >= 4 is 17.3 Å². The van der Waals surface area contributed by atoms with Crippen molar-refractivity contribution in [3.8, 4) is 5.75 Å². The minimum atomic E-state index is 0.484. The summed E-state index contributed by atoms with van der Waals surface area (Å²) < 4.78 is 5.70. The third kappa shape index (κ3) is 3.17. The van der Waals surface area contributed by atoms with E-state index in [4.69, 9.17) is 16.3 Å². The van der Waals surface area contributed by atoms with Crippen molar-refractivity contribution in [3.63, 3.8) is 0 Å². The van der Waals surface area contributed by atoms with Gasteiger partial charge in [0.2, 0.25) is 0 Å². The van der Waals surface area contributed by atoms with Crippen molar-refractivity contribution in [2.24, 2.45) is 0 Å². The van der Waals surface area contributed by atoms with E-state index in [2.05, 4.69) is 5.32 Å². The molecule has 0 aliphatic rings. The maximum Gasteiger partial charge on any atom is 0.119 e. The van der Waals surface area contributed by atoms with Gasteiger partial charge in [0.05, 0.1) is 0 Å². The second-order valence-corrected chi connectivity index (χ2v) is 4.57. The number of ether oxygens (including phenoxy) is 1. The van der Waals surface area contributed by atoms with E-state index in [1.165, 1.54) is 0 Å². The maximum absolute atomic E-state index is 6.15. The zero-order valence-electron chi connectivity index (χ0n) is 10.5. The average molecular weight is 262 g/mol. The Kier molecular flexibility index (Phi) is 4.11. The lowest BCUT2D eigenvalue weighted by Crippen LogP contribution is -1.97. The molecule has 1 N–H and O–H groups in total. The van der Waals surface area contributed by atoms with Crippen LogP contribution in [-0.4, -0.2) is 7.05 Å². The van der Waals surface area contributed by atoms with E-state index in [9.17, 15) is 0 Å². The lowest BCUT2D eigenvalue weighted by molar-refractivity contribution is 0.306. The molecule has 0 saturated heterocycles. The van der Waals surface area contributed by atoms with E-state index < -0.39 is 0 Å². The molecule has 0 radical (unpaired) electrons. The molecule has 0 heterocycles. The van der Waals surface area contributed by atoms with Gasteiger partial charge >= 0.3 is 0 Å². The standard InChI is InChI=1S/C15H16ClNO/c1-11-3-4-12(15(16)9-11)10-18-14-7-5-13(17-2)6-8-14/h3-9,17H,10H2,1-2H3. The lowest BCUT2D eigenvalue weighted by atomic mass is 10.1. The fraction of sp³-hybridized carbons (Fsp3) is 0.200. The van der Waals surface area contributed by atoms with Crippen molar-refractivity contribution in [2.45, 2.75) is 13.5 Å². The highest BCUT2D eigenvalue weighted by Gasteiger charge is 2.01. The Morgan fingerprint density at radius 2 is 1.83 bits per heavy atom. The van der Waals surface area contributed by atoms with Crippen LogP contribution in [-0.2, 0) is 6.61 Å². The molecular weight excluding hydrogens is 246 g/mol. The van der Waals surface area contributed by atoms with Gasteiger partial charge in [-0.2, -0.15) is 0 Å². The molecule has 0 aromatic heterocycles. The number of benzene rings is 2. The van der Waals surface area contributed by atoms with Gasteiger partial charge in [-0.15, -0.1) is 0 Å². The van der Waals surface area contributed by atoms with Crippen molar-refractivity contribution in [2.75, 3.05) is 12.4 Å². The van der Waals surface area contributed by atoms with Crippen LogP contribution in [0, 0.1) is 6.92 Å². The van der Waals surface area contributed by atoms with E-state index in [1.54, 1.807) is 0 Å². The molecule has 2 nitrogen and oxygen atoms in total. The van der Waals surface area contributed by atoms with Crippen molar-refractivity contribution in [3.05, 3.63) is 58.6 Å². The molecule has 0 unspecified atom stereocenters. The molecule has 0 aliphatic carbocycles. The first-order valence-electron chi connectivity index (χ1n) is 5.84. The van der Waals surface area contributed by atoms with E-state index in [-0.39, 0.29) is 0 Å². The fourth-order valence-corrected chi connectivity index (χ4v) is 1.94. The summed E-state index contributed by atoms with van der Waals surface area (Å²) in [5.41, 5.74) is 3.22. The Morgan fingerprint density at radius 1 is 1.11 bits per heavy atom. The van der Waals surface area contributed by atoms with Crippen LogP contribution in [0.3, 0.4) is 0 Å². The number of rotatable bonds is 4. The average Bonchev–Trinajstić information content (AvgIpc) is 2.38. The van der Waals surface area contributed by atoms with Crippen LogP contribution in [0.1, 0.15) is 11.1 Å². The Labute approximate surface area is 113 Å². The highest BCUT2D eigenvalue weighted by atomic mass is 35.5.